The number of hydrogen-bond acceptors (Lipinski definition) is 4. The largest absolute Gasteiger partial charge is 0.491 e. The molecule has 4 nitrogen and oxygen atoms in total. The molecular formula is C22H24N2O2. The fourth-order valence-corrected chi connectivity index (χ4v) is 2.87. The third kappa shape index (κ3) is 4.91. The van der Waals surface area contributed by atoms with Gasteiger partial charge in [0.15, 0.2) is 0 Å². The molecule has 2 N–H and O–H groups in total. The molecule has 0 saturated heterocycles. The summed E-state index contributed by atoms with van der Waals surface area (Å²) in [6, 6.07) is 20.7. The number of benzene rings is 2. The van der Waals surface area contributed by atoms with Crippen LogP contribution in [0.5, 0.6) is 5.75 Å². The molecule has 0 radical (unpaired) electrons. The molecule has 0 aliphatic carbocycles. The molecule has 3 rings (SSSR count). The molecule has 1 aromatic heterocycles. The molecule has 1 unspecified atom stereocenters. The molecule has 1 atom stereocenters. The molecule has 26 heavy (non-hydrogen) atoms. The standard InChI is InChI=1S/C22H24N2O2/c1-17-5-7-19(8-6-17)22(20-9-11-23-12-10-20)24-16-18-3-2-4-21(15-18)26-14-13-25/h2-12,15,22,24-25H,13-14,16H2,1H3. The maximum absolute atomic E-state index is 8.90. The monoisotopic (exact) mass is 348 g/mol. The van der Waals surface area contributed by atoms with Crippen molar-refractivity contribution in [2.75, 3.05) is 13.2 Å². The summed E-state index contributed by atoms with van der Waals surface area (Å²) in [5.74, 6) is 0.772. The van der Waals surface area contributed by atoms with Crippen molar-refractivity contribution in [3.8, 4) is 5.75 Å². The predicted molar refractivity (Wildman–Crippen MR) is 103 cm³/mol. The smallest absolute Gasteiger partial charge is 0.119 e. The van der Waals surface area contributed by atoms with E-state index in [-0.39, 0.29) is 12.6 Å². The van der Waals surface area contributed by atoms with Crippen LogP contribution in [0.15, 0.2) is 73.1 Å². The first-order valence-corrected chi connectivity index (χ1v) is 8.79. The second-order valence-corrected chi connectivity index (χ2v) is 6.22. The first kappa shape index (κ1) is 18.1. The van der Waals surface area contributed by atoms with Gasteiger partial charge in [-0.05, 0) is 47.9 Å². The van der Waals surface area contributed by atoms with Crippen molar-refractivity contribution >= 4 is 0 Å². The average Bonchev–Trinajstić information content (AvgIpc) is 2.69. The number of aliphatic hydroxyl groups excluding tert-OH is 1. The molecule has 0 bridgehead atoms. The number of nitrogens with one attached hydrogen (secondary N) is 1. The van der Waals surface area contributed by atoms with Crippen molar-refractivity contribution < 1.29 is 9.84 Å². The molecular weight excluding hydrogens is 324 g/mol. The molecule has 0 aliphatic rings. The molecule has 0 saturated carbocycles. The summed E-state index contributed by atoms with van der Waals surface area (Å²) < 4.78 is 5.50. The van der Waals surface area contributed by atoms with Crippen molar-refractivity contribution in [1.82, 2.24) is 10.3 Å². The second-order valence-electron chi connectivity index (χ2n) is 6.22. The maximum Gasteiger partial charge on any atom is 0.119 e. The van der Waals surface area contributed by atoms with Crippen LogP contribution >= 0.6 is 0 Å². The number of aryl methyl sites for hydroxylation is 1. The summed E-state index contributed by atoms with van der Waals surface area (Å²) in [5, 5.41) is 12.5. The number of aromatic nitrogens is 1. The van der Waals surface area contributed by atoms with Gasteiger partial charge in [-0.2, -0.15) is 0 Å². The van der Waals surface area contributed by atoms with Crippen LogP contribution in [0.2, 0.25) is 0 Å². The van der Waals surface area contributed by atoms with Crippen LogP contribution < -0.4 is 10.1 Å². The lowest BCUT2D eigenvalue weighted by atomic mass is 9.98. The highest BCUT2D eigenvalue weighted by atomic mass is 16.5. The molecule has 0 fully saturated rings. The minimum Gasteiger partial charge on any atom is -0.491 e. The van der Waals surface area contributed by atoms with Crippen LogP contribution in [0.4, 0.5) is 0 Å². The van der Waals surface area contributed by atoms with E-state index in [0.717, 1.165) is 11.3 Å². The molecule has 0 aliphatic heterocycles. The Kier molecular flexibility index (Phi) is 6.36. The molecule has 3 aromatic rings. The van der Waals surface area contributed by atoms with Crippen LogP contribution in [0.25, 0.3) is 0 Å². The summed E-state index contributed by atoms with van der Waals surface area (Å²) in [5.41, 5.74) is 4.77. The van der Waals surface area contributed by atoms with E-state index in [4.69, 9.17) is 9.84 Å². The van der Waals surface area contributed by atoms with Gasteiger partial charge in [0.1, 0.15) is 12.4 Å². The van der Waals surface area contributed by atoms with Crippen molar-refractivity contribution in [1.29, 1.82) is 0 Å². The van der Waals surface area contributed by atoms with E-state index in [2.05, 4.69) is 47.6 Å². The number of aliphatic hydroxyl groups is 1. The zero-order chi connectivity index (χ0) is 18.2. The quantitative estimate of drug-likeness (QED) is 0.653. The van der Waals surface area contributed by atoms with E-state index in [0.29, 0.717) is 13.2 Å². The number of nitrogens with zero attached hydrogens (tertiary/aromatic N) is 1. The van der Waals surface area contributed by atoms with Gasteiger partial charge < -0.3 is 15.2 Å². The Bertz CT molecular complexity index is 804. The Morgan fingerprint density at radius 2 is 1.73 bits per heavy atom. The molecule has 134 valence electrons. The van der Waals surface area contributed by atoms with Crippen LogP contribution in [0.3, 0.4) is 0 Å². The topological polar surface area (TPSA) is 54.4 Å². The zero-order valence-electron chi connectivity index (χ0n) is 14.9. The lowest BCUT2D eigenvalue weighted by molar-refractivity contribution is 0.201. The minimum absolute atomic E-state index is 0.0139. The second kappa shape index (κ2) is 9.13. The van der Waals surface area contributed by atoms with E-state index in [1.807, 2.05) is 42.7 Å². The van der Waals surface area contributed by atoms with E-state index < -0.39 is 0 Å². The Morgan fingerprint density at radius 1 is 1.00 bits per heavy atom. The molecule has 1 heterocycles. The van der Waals surface area contributed by atoms with Gasteiger partial charge in [0.05, 0.1) is 12.6 Å². The van der Waals surface area contributed by atoms with Gasteiger partial charge in [0.2, 0.25) is 0 Å². The van der Waals surface area contributed by atoms with Crippen LogP contribution in [-0.2, 0) is 6.54 Å². The molecule has 0 spiro atoms. The van der Waals surface area contributed by atoms with E-state index in [1.165, 1.54) is 16.7 Å². The van der Waals surface area contributed by atoms with Crippen LogP contribution in [0, 0.1) is 6.92 Å². The predicted octanol–water partition coefficient (Wildman–Crippen LogP) is 3.64. The SMILES string of the molecule is Cc1ccc(C(NCc2cccc(OCCO)c2)c2ccncc2)cc1. The Labute approximate surface area is 154 Å². The minimum atomic E-state index is 0.0139. The maximum atomic E-state index is 8.90. The van der Waals surface area contributed by atoms with Gasteiger partial charge in [0, 0.05) is 18.9 Å². The lowest BCUT2D eigenvalue weighted by Crippen LogP contribution is -2.22. The van der Waals surface area contributed by atoms with Crippen molar-refractivity contribution in [2.45, 2.75) is 19.5 Å². The third-order valence-electron chi connectivity index (χ3n) is 4.22. The van der Waals surface area contributed by atoms with Gasteiger partial charge in [-0.3, -0.25) is 4.98 Å². The lowest BCUT2D eigenvalue weighted by Gasteiger charge is -2.20. The molecule has 0 amide bonds. The van der Waals surface area contributed by atoms with Gasteiger partial charge in [0.25, 0.3) is 0 Å². The summed E-state index contributed by atoms with van der Waals surface area (Å²) in [4.78, 5) is 4.13. The normalized spacial score (nSPS) is 11.9. The summed E-state index contributed by atoms with van der Waals surface area (Å²) in [6.45, 7) is 3.12. The van der Waals surface area contributed by atoms with Gasteiger partial charge in [-0.1, -0.05) is 42.0 Å². The summed E-state index contributed by atoms with van der Waals surface area (Å²) in [7, 11) is 0. The van der Waals surface area contributed by atoms with E-state index in [9.17, 15) is 0 Å². The molecule has 2 aromatic carbocycles. The number of ether oxygens (including phenoxy) is 1. The summed E-state index contributed by atoms with van der Waals surface area (Å²) >= 11 is 0. The molecule has 4 heteroatoms. The number of hydrogen-bond donors (Lipinski definition) is 2. The van der Waals surface area contributed by atoms with Crippen molar-refractivity contribution in [2.24, 2.45) is 0 Å². The van der Waals surface area contributed by atoms with E-state index in [1.54, 1.807) is 0 Å². The highest BCUT2D eigenvalue weighted by Gasteiger charge is 2.13. The van der Waals surface area contributed by atoms with Gasteiger partial charge in [-0.15, -0.1) is 0 Å². The highest BCUT2D eigenvalue weighted by Crippen LogP contribution is 2.23. The van der Waals surface area contributed by atoms with Crippen LogP contribution in [0.1, 0.15) is 28.3 Å². The first-order valence-electron chi connectivity index (χ1n) is 8.79. The Morgan fingerprint density at radius 3 is 2.46 bits per heavy atom. The average molecular weight is 348 g/mol. The fraction of sp³-hybridized carbons (Fsp3) is 0.227. The summed E-state index contributed by atoms with van der Waals surface area (Å²) in [6.07, 6.45) is 3.64. The first-order chi connectivity index (χ1) is 12.8. The number of pyridine rings is 1. The van der Waals surface area contributed by atoms with Gasteiger partial charge in [-0.25, -0.2) is 0 Å². The van der Waals surface area contributed by atoms with Crippen molar-refractivity contribution in [3.63, 3.8) is 0 Å². The number of rotatable bonds is 8. The van der Waals surface area contributed by atoms with Crippen LogP contribution in [-0.4, -0.2) is 23.3 Å². The highest BCUT2D eigenvalue weighted by molar-refractivity contribution is 5.33. The Hall–Kier alpha value is -2.69. The zero-order valence-corrected chi connectivity index (χ0v) is 14.9. The van der Waals surface area contributed by atoms with E-state index >= 15 is 0 Å². The Balaban J connectivity index is 1.77. The van der Waals surface area contributed by atoms with Crippen molar-refractivity contribution in [3.05, 3.63) is 95.3 Å². The fourth-order valence-electron chi connectivity index (χ4n) is 2.87. The third-order valence-corrected chi connectivity index (χ3v) is 4.22. The van der Waals surface area contributed by atoms with Gasteiger partial charge >= 0.3 is 0 Å².